The van der Waals surface area contributed by atoms with E-state index in [0.29, 0.717) is 12.2 Å². The molecular weight excluding hydrogens is 326 g/mol. The van der Waals surface area contributed by atoms with Crippen LogP contribution in [0.15, 0.2) is 60.7 Å². The van der Waals surface area contributed by atoms with Gasteiger partial charge >= 0.3 is 6.03 Å². The van der Waals surface area contributed by atoms with Gasteiger partial charge in [-0.05, 0) is 37.5 Å². The zero-order valence-electron chi connectivity index (χ0n) is 15.0. The first-order chi connectivity index (χ1) is 12.6. The van der Waals surface area contributed by atoms with E-state index in [1.165, 1.54) is 12.0 Å². The number of benzene rings is 2. The molecule has 2 aromatic carbocycles. The van der Waals surface area contributed by atoms with Crippen LogP contribution in [0.1, 0.15) is 31.7 Å². The van der Waals surface area contributed by atoms with E-state index in [-0.39, 0.29) is 17.4 Å². The molecule has 0 saturated heterocycles. The summed E-state index contributed by atoms with van der Waals surface area (Å²) < 4.78 is 0. The molecule has 1 aliphatic rings. The standard InChI is InChI=1S/C21H25N3O2/c1-16(23-20(26)24-18-11-6-3-7-12-18)19(25)22-15-21(13-8-14-21)17-9-4-2-5-10-17/h2-7,9-12,16H,8,13-15H2,1H3,(H,22,25)(H2,23,24,26)/t16-/m0/s1. The highest BCUT2D eigenvalue weighted by Crippen LogP contribution is 2.43. The van der Waals surface area contributed by atoms with Crippen molar-refractivity contribution in [1.82, 2.24) is 10.6 Å². The van der Waals surface area contributed by atoms with Crippen molar-refractivity contribution in [2.75, 3.05) is 11.9 Å². The third kappa shape index (κ3) is 4.23. The van der Waals surface area contributed by atoms with Crippen LogP contribution in [0.4, 0.5) is 10.5 Å². The number of hydrogen-bond acceptors (Lipinski definition) is 2. The summed E-state index contributed by atoms with van der Waals surface area (Å²) in [5.41, 5.74) is 1.99. The summed E-state index contributed by atoms with van der Waals surface area (Å²) >= 11 is 0. The molecule has 136 valence electrons. The largest absolute Gasteiger partial charge is 0.353 e. The molecule has 5 heteroatoms. The van der Waals surface area contributed by atoms with Crippen LogP contribution < -0.4 is 16.0 Å². The van der Waals surface area contributed by atoms with E-state index in [4.69, 9.17) is 0 Å². The van der Waals surface area contributed by atoms with Gasteiger partial charge < -0.3 is 16.0 Å². The number of rotatable bonds is 6. The van der Waals surface area contributed by atoms with E-state index in [1.807, 2.05) is 36.4 Å². The van der Waals surface area contributed by atoms with Gasteiger partial charge in [-0.3, -0.25) is 4.79 Å². The summed E-state index contributed by atoms with van der Waals surface area (Å²) in [5.74, 6) is -0.171. The maximum Gasteiger partial charge on any atom is 0.319 e. The lowest BCUT2D eigenvalue weighted by Gasteiger charge is -2.42. The second kappa shape index (κ2) is 8.04. The number of para-hydroxylation sites is 1. The van der Waals surface area contributed by atoms with E-state index in [2.05, 4.69) is 28.1 Å². The number of carbonyl (C=O) groups is 2. The minimum atomic E-state index is -0.605. The van der Waals surface area contributed by atoms with Crippen molar-refractivity contribution in [2.45, 2.75) is 37.6 Å². The van der Waals surface area contributed by atoms with Crippen molar-refractivity contribution in [3.05, 3.63) is 66.2 Å². The Morgan fingerprint density at radius 2 is 1.62 bits per heavy atom. The lowest BCUT2D eigenvalue weighted by atomic mass is 9.64. The van der Waals surface area contributed by atoms with Gasteiger partial charge in [0.25, 0.3) is 0 Å². The molecule has 1 atom stereocenters. The molecule has 1 fully saturated rings. The molecule has 3 amide bonds. The number of carbonyl (C=O) groups excluding carboxylic acids is 2. The Labute approximate surface area is 154 Å². The van der Waals surface area contributed by atoms with E-state index >= 15 is 0 Å². The van der Waals surface area contributed by atoms with Crippen molar-refractivity contribution in [3.63, 3.8) is 0 Å². The molecule has 0 aliphatic heterocycles. The number of anilines is 1. The maximum absolute atomic E-state index is 12.4. The predicted octanol–water partition coefficient (Wildman–Crippen LogP) is 3.43. The molecular formula is C21H25N3O2. The molecule has 26 heavy (non-hydrogen) atoms. The van der Waals surface area contributed by atoms with Crippen molar-refractivity contribution < 1.29 is 9.59 Å². The van der Waals surface area contributed by atoms with E-state index in [1.54, 1.807) is 19.1 Å². The van der Waals surface area contributed by atoms with Crippen molar-refractivity contribution in [2.24, 2.45) is 0 Å². The van der Waals surface area contributed by atoms with Crippen LogP contribution in [-0.2, 0) is 10.2 Å². The van der Waals surface area contributed by atoms with Gasteiger partial charge in [-0.1, -0.05) is 55.0 Å². The number of amides is 3. The highest BCUT2D eigenvalue weighted by Gasteiger charge is 2.38. The average Bonchev–Trinajstić information content (AvgIpc) is 2.62. The molecule has 3 N–H and O–H groups in total. The highest BCUT2D eigenvalue weighted by atomic mass is 16.2. The fourth-order valence-corrected chi connectivity index (χ4v) is 3.32. The molecule has 0 heterocycles. The van der Waals surface area contributed by atoms with Gasteiger partial charge in [-0.15, -0.1) is 0 Å². The Morgan fingerprint density at radius 3 is 2.19 bits per heavy atom. The Bertz CT molecular complexity index is 742. The first kappa shape index (κ1) is 18.0. The molecule has 0 aromatic heterocycles. The first-order valence-corrected chi connectivity index (χ1v) is 9.05. The zero-order chi connectivity index (χ0) is 18.4. The van der Waals surface area contributed by atoms with Crippen molar-refractivity contribution >= 4 is 17.6 Å². The lowest BCUT2D eigenvalue weighted by Crippen LogP contribution is -2.51. The second-order valence-corrected chi connectivity index (χ2v) is 6.90. The first-order valence-electron chi connectivity index (χ1n) is 9.05. The van der Waals surface area contributed by atoms with Gasteiger partial charge in [0.05, 0.1) is 0 Å². The van der Waals surface area contributed by atoms with Crippen LogP contribution >= 0.6 is 0 Å². The minimum absolute atomic E-state index is 0.0307. The third-order valence-electron chi connectivity index (χ3n) is 5.07. The van der Waals surface area contributed by atoms with Crippen LogP contribution in [0.2, 0.25) is 0 Å². The van der Waals surface area contributed by atoms with Gasteiger partial charge in [0.15, 0.2) is 0 Å². The van der Waals surface area contributed by atoms with Crippen LogP contribution in [-0.4, -0.2) is 24.5 Å². The summed E-state index contributed by atoms with van der Waals surface area (Å²) in [6, 6.07) is 18.5. The van der Waals surface area contributed by atoms with Crippen LogP contribution in [0.25, 0.3) is 0 Å². The number of urea groups is 1. The third-order valence-corrected chi connectivity index (χ3v) is 5.07. The van der Waals surface area contributed by atoms with Gasteiger partial charge in [-0.25, -0.2) is 4.79 Å². The molecule has 1 aliphatic carbocycles. The zero-order valence-corrected chi connectivity index (χ0v) is 15.0. The molecule has 0 bridgehead atoms. The molecule has 3 rings (SSSR count). The topological polar surface area (TPSA) is 70.2 Å². The summed E-state index contributed by atoms with van der Waals surface area (Å²) in [7, 11) is 0. The van der Waals surface area contributed by atoms with Crippen LogP contribution in [0.3, 0.4) is 0 Å². The van der Waals surface area contributed by atoms with Crippen LogP contribution in [0, 0.1) is 0 Å². The molecule has 2 aromatic rings. The van der Waals surface area contributed by atoms with Gasteiger partial charge in [0, 0.05) is 17.6 Å². The molecule has 1 saturated carbocycles. The second-order valence-electron chi connectivity index (χ2n) is 6.90. The predicted molar refractivity (Wildman–Crippen MR) is 103 cm³/mol. The van der Waals surface area contributed by atoms with Gasteiger partial charge in [-0.2, -0.15) is 0 Å². The lowest BCUT2D eigenvalue weighted by molar-refractivity contribution is -0.123. The summed E-state index contributed by atoms with van der Waals surface area (Å²) in [4.78, 5) is 24.4. The minimum Gasteiger partial charge on any atom is -0.353 e. The van der Waals surface area contributed by atoms with E-state index < -0.39 is 6.04 Å². The Balaban J connectivity index is 1.50. The summed E-state index contributed by atoms with van der Waals surface area (Å²) in [6.07, 6.45) is 3.33. The van der Waals surface area contributed by atoms with Crippen molar-refractivity contribution in [3.8, 4) is 0 Å². The van der Waals surface area contributed by atoms with Crippen LogP contribution in [0.5, 0.6) is 0 Å². The Hall–Kier alpha value is -2.82. The number of hydrogen-bond donors (Lipinski definition) is 3. The monoisotopic (exact) mass is 351 g/mol. The highest BCUT2D eigenvalue weighted by molar-refractivity contribution is 5.93. The molecule has 0 radical (unpaired) electrons. The average molecular weight is 351 g/mol. The Morgan fingerprint density at radius 1 is 1.00 bits per heavy atom. The fraction of sp³-hybridized carbons (Fsp3) is 0.333. The molecule has 5 nitrogen and oxygen atoms in total. The van der Waals surface area contributed by atoms with E-state index in [0.717, 1.165) is 12.8 Å². The quantitative estimate of drug-likeness (QED) is 0.746. The van der Waals surface area contributed by atoms with Gasteiger partial charge in [0.1, 0.15) is 6.04 Å². The summed E-state index contributed by atoms with van der Waals surface area (Å²) in [6.45, 7) is 2.29. The van der Waals surface area contributed by atoms with Crippen molar-refractivity contribution in [1.29, 1.82) is 0 Å². The maximum atomic E-state index is 12.4. The fourth-order valence-electron chi connectivity index (χ4n) is 3.32. The SMILES string of the molecule is C[C@H](NC(=O)Nc1ccccc1)C(=O)NCC1(c2ccccc2)CCC1. The smallest absolute Gasteiger partial charge is 0.319 e. The molecule has 0 unspecified atom stereocenters. The summed E-state index contributed by atoms with van der Waals surface area (Å²) in [5, 5.41) is 8.41. The Kier molecular flexibility index (Phi) is 5.56. The molecule has 0 spiro atoms. The van der Waals surface area contributed by atoms with E-state index in [9.17, 15) is 9.59 Å². The normalized spacial score (nSPS) is 16.0. The number of nitrogens with one attached hydrogen (secondary N) is 3. The van der Waals surface area contributed by atoms with Gasteiger partial charge in [0.2, 0.25) is 5.91 Å².